The molecule has 1 unspecified atom stereocenters. The van der Waals surface area contributed by atoms with Crippen LogP contribution in [0.2, 0.25) is 0 Å². The zero-order chi connectivity index (χ0) is 13.1. The van der Waals surface area contributed by atoms with Crippen molar-refractivity contribution in [3.8, 4) is 0 Å². The molecule has 0 spiro atoms. The van der Waals surface area contributed by atoms with Gasteiger partial charge in [-0.15, -0.1) is 11.3 Å². The number of hydrogen-bond donors (Lipinski definition) is 1. The van der Waals surface area contributed by atoms with Crippen LogP contribution in [0.3, 0.4) is 0 Å². The number of thiazole rings is 1. The van der Waals surface area contributed by atoms with E-state index in [-0.39, 0.29) is 0 Å². The molecule has 1 aromatic heterocycles. The fourth-order valence-electron chi connectivity index (χ4n) is 3.27. The fraction of sp³-hybridized carbons (Fsp3) is 0.800. The van der Waals surface area contributed by atoms with Crippen LogP contribution in [-0.2, 0) is 6.54 Å². The normalized spacial score (nSPS) is 25.1. The second-order valence-electron chi connectivity index (χ2n) is 6.02. The Labute approximate surface area is 120 Å². The second kappa shape index (κ2) is 6.23. The Hall–Kier alpha value is -0.610. The van der Waals surface area contributed by atoms with Gasteiger partial charge in [-0.3, -0.25) is 0 Å². The number of piperidine rings is 1. The lowest BCUT2D eigenvalue weighted by Crippen LogP contribution is -2.37. The summed E-state index contributed by atoms with van der Waals surface area (Å²) in [5.74, 6) is 0. The van der Waals surface area contributed by atoms with E-state index >= 15 is 0 Å². The summed E-state index contributed by atoms with van der Waals surface area (Å²) in [7, 11) is 0. The summed E-state index contributed by atoms with van der Waals surface area (Å²) >= 11 is 1.82. The molecule has 106 valence electrons. The van der Waals surface area contributed by atoms with Crippen molar-refractivity contribution in [3.05, 3.63) is 11.1 Å². The van der Waals surface area contributed by atoms with Gasteiger partial charge in [0.2, 0.25) is 0 Å². The predicted molar refractivity (Wildman–Crippen MR) is 81.9 cm³/mol. The van der Waals surface area contributed by atoms with E-state index in [1.165, 1.54) is 62.3 Å². The molecular weight excluding hydrogens is 254 g/mol. The molecule has 1 N–H and O–H groups in total. The van der Waals surface area contributed by atoms with Crippen LogP contribution < -0.4 is 10.2 Å². The van der Waals surface area contributed by atoms with Crippen molar-refractivity contribution < 1.29 is 0 Å². The van der Waals surface area contributed by atoms with Gasteiger partial charge in [-0.2, -0.15) is 0 Å². The standard InChI is InChI=1S/C15H25N3S/c1-12-6-4-5-9-18(12)15-17-14(11-19-15)10-16-13-7-2-3-8-13/h11-13,16H,2-10H2,1H3. The Morgan fingerprint density at radius 3 is 2.84 bits per heavy atom. The van der Waals surface area contributed by atoms with Gasteiger partial charge in [0.15, 0.2) is 5.13 Å². The lowest BCUT2D eigenvalue weighted by Gasteiger charge is -2.33. The van der Waals surface area contributed by atoms with Gasteiger partial charge in [0.25, 0.3) is 0 Å². The van der Waals surface area contributed by atoms with E-state index in [1.807, 2.05) is 11.3 Å². The Kier molecular flexibility index (Phi) is 4.38. The first-order valence-electron chi connectivity index (χ1n) is 7.77. The Morgan fingerprint density at radius 2 is 2.05 bits per heavy atom. The quantitative estimate of drug-likeness (QED) is 0.913. The van der Waals surface area contributed by atoms with E-state index in [2.05, 4.69) is 22.5 Å². The van der Waals surface area contributed by atoms with Crippen molar-refractivity contribution in [2.75, 3.05) is 11.4 Å². The van der Waals surface area contributed by atoms with Gasteiger partial charge in [-0.25, -0.2) is 4.98 Å². The van der Waals surface area contributed by atoms with Crippen LogP contribution in [0, 0.1) is 0 Å². The maximum absolute atomic E-state index is 4.83. The average molecular weight is 279 g/mol. The molecule has 1 aliphatic heterocycles. The highest BCUT2D eigenvalue weighted by Crippen LogP contribution is 2.28. The van der Waals surface area contributed by atoms with Gasteiger partial charge >= 0.3 is 0 Å². The lowest BCUT2D eigenvalue weighted by molar-refractivity contribution is 0.483. The van der Waals surface area contributed by atoms with E-state index in [0.717, 1.165) is 12.6 Å². The molecule has 1 aromatic rings. The zero-order valence-corrected chi connectivity index (χ0v) is 12.7. The molecule has 1 aliphatic carbocycles. The molecule has 1 saturated heterocycles. The van der Waals surface area contributed by atoms with Crippen LogP contribution in [0.1, 0.15) is 57.6 Å². The maximum atomic E-state index is 4.83. The third-order valence-electron chi connectivity index (χ3n) is 4.52. The summed E-state index contributed by atoms with van der Waals surface area (Å²) < 4.78 is 0. The van der Waals surface area contributed by atoms with Crippen LogP contribution in [0.4, 0.5) is 5.13 Å². The van der Waals surface area contributed by atoms with Crippen molar-refractivity contribution in [1.82, 2.24) is 10.3 Å². The molecule has 0 amide bonds. The Morgan fingerprint density at radius 1 is 1.26 bits per heavy atom. The summed E-state index contributed by atoms with van der Waals surface area (Å²) in [5.41, 5.74) is 1.23. The largest absolute Gasteiger partial charge is 0.345 e. The highest BCUT2D eigenvalue weighted by atomic mass is 32.1. The summed E-state index contributed by atoms with van der Waals surface area (Å²) in [6, 6.07) is 1.40. The third kappa shape index (κ3) is 3.29. The lowest BCUT2D eigenvalue weighted by atomic mass is 10.1. The third-order valence-corrected chi connectivity index (χ3v) is 5.44. The van der Waals surface area contributed by atoms with Crippen molar-refractivity contribution >= 4 is 16.5 Å². The molecule has 2 heterocycles. The minimum Gasteiger partial charge on any atom is -0.345 e. The molecule has 0 radical (unpaired) electrons. The topological polar surface area (TPSA) is 28.2 Å². The SMILES string of the molecule is CC1CCCCN1c1nc(CNC2CCCC2)cs1. The number of hydrogen-bond acceptors (Lipinski definition) is 4. The van der Waals surface area contributed by atoms with Crippen molar-refractivity contribution in [2.45, 2.75) is 70.5 Å². The first kappa shape index (κ1) is 13.4. The monoisotopic (exact) mass is 279 g/mol. The van der Waals surface area contributed by atoms with Crippen LogP contribution >= 0.6 is 11.3 Å². The van der Waals surface area contributed by atoms with E-state index in [0.29, 0.717) is 6.04 Å². The van der Waals surface area contributed by atoms with Crippen LogP contribution in [0.5, 0.6) is 0 Å². The molecule has 0 bridgehead atoms. The summed E-state index contributed by atoms with van der Waals surface area (Å²) in [5, 5.41) is 7.12. The number of aromatic nitrogens is 1. The minimum absolute atomic E-state index is 0.663. The molecule has 1 saturated carbocycles. The molecule has 0 aromatic carbocycles. The molecule has 2 aliphatic rings. The summed E-state index contributed by atoms with van der Waals surface area (Å²) in [4.78, 5) is 7.32. The molecule has 4 heteroatoms. The number of anilines is 1. The average Bonchev–Trinajstić information content (AvgIpc) is 3.08. The van der Waals surface area contributed by atoms with Crippen molar-refractivity contribution in [1.29, 1.82) is 0 Å². The first-order chi connectivity index (χ1) is 9.33. The van der Waals surface area contributed by atoms with Crippen LogP contribution in [0.25, 0.3) is 0 Å². The molecule has 3 nitrogen and oxygen atoms in total. The second-order valence-corrected chi connectivity index (χ2v) is 6.86. The first-order valence-corrected chi connectivity index (χ1v) is 8.65. The highest BCUT2D eigenvalue weighted by molar-refractivity contribution is 7.13. The van der Waals surface area contributed by atoms with Gasteiger partial charge in [-0.05, 0) is 39.0 Å². The molecule has 1 atom stereocenters. The van der Waals surface area contributed by atoms with Gasteiger partial charge in [0.1, 0.15) is 0 Å². The molecule has 2 fully saturated rings. The smallest absolute Gasteiger partial charge is 0.185 e. The number of nitrogens with zero attached hydrogens (tertiary/aromatic N) is 2. The predicted octanol–water partition coefficient (Wildman–Crippen LogP) is 3.55. The van der Waals surface area contributed by atoms with Crippen LogP contribution in [-0.4, -0.2) is 23.6 Å². The minimum atomic E-state index is 0.663. The zero-order valence-electron chi connectivity index (χ0n) is 11.9. The molecule has 3 rings (SSSR count). The van der Waals surface area contributed by atoms with Crippen LogP contribution in [0.15, 0.2) is 5.38 Å². The Balaban J connectivity index is 1.56. The molecular formula is C15H25N3S. The van der Waals surface area contributed by atoms with E-state index in [1.54, 1.807) is 0 Å². The summed E-state index contributed by atoms with van der Waals surface area (Å²) in [6.07, 6.45) is 9.49. The number of nitrogens with one attached hydrogen (secondary N) is 1. The van der Waals surface area contributed by atoms with Crippen molar-refractivity contribution in [2.24, 2.45) is 0 Å². The fourth-order valence-corrected chi connectivity index (χ4v) is 4.22. The molecule has 19 heavy (non-hydrogen) atoms. The van der Waals surface area contributed by atoms with Crippen molar-refractivity contribution in [3.63, 3.8) is 0 Å². The maximum Gasteiger partial charge on any atom is 0.185 e. The number of rotatable bonds is 4. The van der Waals surface area contributed by atoms with E-state index in [4.69, 9.17) is 4.98 Å². The van der Waals surface area contributed by atoms with Gasteiger partial charge in [-0.1, -0.05) is 12.8 Å². The van der Waals surface area contributed by atoms with Gasteiger partial charge in [0.05, 0.1) is 5.69 Å². The summed E-state index contributed by atoms with van der Waals surface area (Å²) in [6.45, 7) is 4.46. The van der Waals surface area contributed by atoms with E-state index in [9.17, 15) is 0 Å². The van der Waals surface area contributed by atoms with Gasteiger partial charge in [0, 0.05) is 30.6 Å². The van der Waals surface area contributed by atoms with Gasteiger partial charge < -0.3 is 10.2 Å². The highest BCUT2D eigenvalue weighted by Gasteiger charge is 2.21. The van der Waals surface area contributed by atoms with E-state index < -0.39 is 0 Å². The Bertz CT molecular complexity index is 398.